The molecule has 11 heteroatoms. The number of nitrogens with zero attached hydrogens (tertiary/aromatic N) is 6. The summed E-state index contributed by atoms with van der Waals surface area (Å²) in [5, 5.41) is 21.1. The number of aliphatic hydroxyl groups is 1. The molecule has 5 heterocycles. The van der Waals surface area contributed by atoms with Crippen molar-refractivity contribution < 1.29 is 19.1 Å². The molecule has 198 valence electrons. The van der Waals surface area contributed by atoms with Gasteiger partial charge in [-0.25, -0.2) is 14.2 Å². The van der Waals surface area contributed by atoms with E-state index in [0.29, 0.717) is 44.0 Å². The van der Waals surface area contributed by atoms with Gasteiger partial charge in [0.05, 0.1) is 11.7 Å². The third-order valence-corrected chi connectivity index (χ3v) is 7.77. The number of carbonyl (C=O) groups is 2. The third-order valence-electron chi connectivity index (χ3n) is 7.77. The van der Waals surface area contributed by atoms with E-state index >= 15 is 0 Å². The minimum Gasteiger partial charge on any atom is -0.391 e. The van der Waals surface area contributed by atoms with Crippen LogP contribution >= 0.6 is 0 Å². The number of rotatable bonds is 3. The van der Waals surface area contributed by atoms with Gasteiger partial charge in [-0.2, -0.15) is 0 Å². The van der Waals surface area contributed by atoms with Gasteiger partial charge >= 0.3 is 6.03 Å². The Balaban J connectivity index is 1.21. The lowest BCUT2D eigenvalue weighted by Crippen LogP contribution is -2.44. The van der Waals surface area contributed by atoms with Crippen molar-refractivity contribution in [1.82, 2.24) is 29.5 Å². The number of carbonyl (C=O) groups excluding carboxylic acids is 2. The Bertz CT molecular complexity index is 1440. The van der Waals surface area contributed by atoms with Gasteiger partial charge in [-0.05, 0) is 68.5 Å². The Morgan fingerprint density at radius 2 is 1.95 bits per heavy atom. The number of pyridine rings is 1. The summed E-state index contributed by atoms with van der Waals surface area (Å²) in [6.07, 6.45) is 2.38. The number of aliphatic hydroxyl groups excluding tert-OH is 1. The predicted octanol–water partition coefficient (Wildman–Crippen LogP) is 2.96. The summed E-state index contributed by atoms with van der Waals surface area (Å²) in [5.74, 6) is 0.589. The smallest absolute Gasteiger partial charge is 0.320 e. The van der Waals surface area contributed by atoms with Crippen LogP contribution in [0.2, 0.25) is 0 Å². The fourth-order valence-corrected chi connectivity index (χ4v) is 5.65. The maximum Gasteiger partial charge on any atom is 0.320 e. The summed E-state index contributed by atoms with van der Waals surface area (Å²) in [6, 6.07) is 7.99. The van der Waals surface area contributed by atoms with Crippen molar-refractivity contribution in [2.45, 2.75) is 57.7 Å². The molecule has 1 saturated heterocycles. The molecular formula is C27H30FN7O3. The van der Waals surface area contributed by atoms with Crippen LogP contribution in [-0.2, 0) is 24.9 Å². The zero-order valence-electron chi connectivity index (χ0n) is 21.4. The lowest BCUT2D eigenvalue weighted by Gasteiger charge is -2.32. The number of halogens is 1. The summed E-state index contributed by atoms with van der Waals surface area (Å²) in [7, 11) is 0. The summed E-state index contributed by atoms with van der Waals surface area (Å²) < 4.78 is 17.1. The van der Waals surface area contributed by atoms with Gasteiger partial charge in [0, 0.05) is 38.1 Å². The van der Waals surface area contributed by atoms with Crippen molar-refractivity contribution in [2.75, 3.05) is 25.0 Å². The quantitative estimate of drug-likeness (QED) is 0.550. The van der Waals surface area contributed by atoms with Crippen molar-refractivity contribution in [3.05, 3.63) is 58.7 Å². The molecule has 6 rings (SSSR count). The number of likely N-dealkylation sites (tertiary alicyclic amines) is 1. The molecule has 1 fully saturated rings. The second-order valence-corrected chi connectivity index (χ2v) is 10.9. The average molecular weight is 520 g/mol. The number of hydrogen-bond acceptors (Lipinski definition) is 6. The normalized spacial score (nSPS) is 19.8. The van der Waals surface area contributed by atoms with E-state index in [1.54, 1.807) is 21.9 Å². The predicted molar refractivity (Wildman–Crippen MR) is 137 cm³/mol. The summed E-state index contributed by atoms with van der Waals surface area (Å²) in [5.41, 5.74) is 1.85. The highest BCUT2D eigenvalue weighted by molar-refractivity contribution is 6.04. The molecule has 0 radical (unpaired) electrons. The molecule has 3 aromatic rings. The highest BCUT2D eigenvalue weighted by atomic mass is 19.1. The van der Waals surface area contributed by atoms with Crippen molar-refractivity contribution in [2.24, 2.45) is 0 Å². The van der Waals surface area contributed by atoms with E-state index in [2.05, 4.69) is 38.9 Å². The molecule has 10 nitrogen and oxygen atoms in total. The molecule has 0 unspecified atom stereocenters. The zero-order valence-corrected chi connectivity index (χ0v) is 21.4. The molecule has 0 aliphatic carbocycles. The largest absolute Gasteiger partial charge is 0.391 e. The first-order valence-electron chi connectivity index (χ1n) is 13.0. The minimum absolute atomic E-state index is 0.105. The van der Waals surface area contributed by atoms with Gasteiger partial charge in [0.25, 0.3) is 5.91 Å². The molecular weight excluding hydrogens is 489 g/mol. The fraction of sp³-hybridized carbons (Fsp3) is 0.444. The molecule has 2 aromatic heterocycles. The highest BCUT2D eigenvalue weighted by Crippen LogP contribution is 2.35. The Kier molecular flexibility index (Phi) is 5.90. The van der Waals surface area contributed by atoms with Crippen LogP contribution in [0.25, 0.3) is 11.5 Å². The van der Waals surface area contributed by atoms with Crippen LogP contribution in [0.1, 0.15) is 54.0 Å². The van der Waals surface area contributed by atoms with Crippen LogP contribution in [0.15, 0.2) is 30.3 Å². The first-order valence-corrected chi connectivity index (χ1v) is 13.0. The second kappa shape index (κ2) is 9.16. The van der Waals surface area contributed by atoms with Gasteiger partial charge in [0.1, 0.15) is 23.2 Å². The van der Waals surface area contributed by atoms with E-state index < -0.39 is 17.8 Å². The van der Waals surface area contributed by atoms with Crippen LogP contribution < -0.4 is 5.32 Å². The third kappa shape index (κ3) is 4.30. The summed E-state index contributed by atoms with van der Waals surface area (Å²) in [6.45, 7) is 5.84. The van der Waals surface area contributed by atoms with Gasteiger partial charge in [-0.3, -0.25) is 4.79 Å². The first-order chi connectivity index (χ1) is 18.2. The van der Waals surface area contributed by atoms with Gasteiger partial charge in [-0.1, -0.05) is 6.07 Å². The number of hydrogen-bond donors (Lipinski definition) is 2. The molecule has 3 aliphatic heterocycles. The molecule has 0 bridgehead atoms. The number of urea groups is 1. The van der Waals surface area contributed by atoms with Crippen LogP contribution in [-0.4, -0.2) is 72.3 Å². The van der Waals surface area contributed by atoms with Crippen LogP contribution in [0.5, 0.6) is 0 Å². The van der Waals surface area contributed by atoms with Crippen molar-refractivity contribution >= 4 is 17.8 Å². The fourth-order valence-electron chi connectivity index (χ4n) is 5.65. The lowest BCUT2D eigenvalue weighted by atomic mass is 9.96. The van der Waals surface area contributed by atoms with Gasteiger partial charge in [0.2, 0.25) is 0 Å². The molecule has 0 spiro atoms. The van der Waals surface area contributed by atoms with Crippen molar-refractivity contribution in [3.8, 4) is 11.5 Å². The molecule has 3 aliphatic rings. The van der Waals surface area contributed by atoms with E-state index in [-0.39, 0.29) is 29.5 Å². The number of nitrogens with one attached hydrogen (secondary N) is 1. The van der Waals surface area contributed by atoms with E-state index in [4.69, 9.17) is 0 Å². The number of β-amino-alcohol motifs (C(OH)–C–C–N with tert-alkyl or cyclic N) is 1. The van der Waals surface area contributed by atoms with Crippen LogP contribution in [0.3, 0.4) is 0 Å². The highest BCUT2D eigenvalue weighted by Gasteiger charge is 2.34. The Morgan fingerprint density at radius 3 is 2.74 bits per heavy atom. The first kappa shape index (κ1) is 24.5. The van der Waals surface area contributed by atoms with Crippen molar-refractivity contribution in [3.63, 3.8) is 0 Å². The molecule has 3 amide bonds. The van der Waals surface area contributed by atoms with Gasteiger partial charge in [-0.15, -0.1) is 10.2 Å². The summed E-state index contributed by atoms with van der Waals surface area (Å²) in [4.78, 5) is 33.9. The minimum atomic E-state index is -0.618. The van der Waals surface area contributed by atoms with E-state index in [1.165, 1.54) is 12.1 Å². The van der Waals surface area contributed by atoms with E-state index in [0.717, 1.165) is 29.8 Å². The number of benzene rings is 1. The molecule has 38 heavy (non-hydrogen) atoms. The van der Waals surface area contributed by atoms with E-state index in [9.17, 15) is 19.1 Å². The number of aromatic nitrogens is 4. The maximum atomic E-state index is 15.0. The molecule has 1 atom stereocenters. The monoisotopic (exact) mass is 519 g/mol. The SMILES string of the molecule is CC1(C)CCc2nnc(-c3cccc(NC(=O)c4cc5c(cc4F)CCN(C(=O)N4CC[C@@H](O)C4)C5)n3)n21. The van der Waals surface area contributed by atoms with Crippen LogP contribution in [0, 0.1) is 5.82 Å². The molecule has 1 aromatic carbocycles. The molecule has 2 N–H and O–H groups in total. The average Bonchev–Trinajstić information content (AvgIpc) is 3.60. The maximum absolute atomic E-state index is 15.0. The topological polar surface area (TPSA) is 116 Å². The van der Waals surface area contributed by atoms with Crippen molar-refractivity contribution in [1.29, 1.82) is 0 Å². The number of anilines is 1. The Labute approximate surface area is 219 Å². The second-order valence-electron chi connectivity index (χ2n) is 10.9. The standard InChI is InChI=1S/C27H30FN7O3/c1-27(2)9-6-23-31-32-24(35(23)27)21-4-3-5-22(29-21)30-25(37)19-12-17-14-33(10-7-16(17)13-20(19)28)26(38)34-11-8-18(36)15-34/h3-5,12-13,18,36H,6-11,14-15H2,1-2H3,(H,29,30,37)/t18-/m1/s1. The van der Waals surface area contributed by atoms with Crippen LogP contribution in [0.4, 0.5) is 15.0 Å². The van der Waals surface area contributed by atoms with E-state index in [1.807, 2.05) is 6.07 Å². The Morgan fingerprint density at radius 1 is 1.11 bits per heavy atom. The number of aryl methyl sites for hydroxylation is 1. The summed E-state index contributed by atoms with van der Waals surface area (Å²) >= 11 is 0. The molecule has 0 saturated carbocycles. The lowest BCUT2D eigenvalue weighted by molar-refractivity contribution is 0.102. The van der Waals surface area contributed by atoms with Gasteiger partial charge in [0.15, 0.2) is 5.82 Å². The van der Waals surface area contributed by atoms with Gasteiger partial charge < -0.3 is 24.8 Å². The zero-order chi connectivity index (χ0) is 26.6. The Hall–Kier alpha value is -3.86. The number of amides is 3. The number of fused-ring (bicyclic) bond motifs is 2.